The predicted octanol–water partition coefficient (Wildman–Crippen LogP) is 2.11. The lowest BCUT2D eigenvalue weighted by Crippen LogP contribution is -2.59. The van der Waals surface area contributed by atoms with Gasteiger partial charge in [0.05, 0.1) is 12.0 Å². The van der Waals surface area contributed by atoms with Crippen molar-refractivity contribution in [3.05, 3.63) is 29.8 Å². The highest BCUT2D eigenvalue weighted by Gasteiger charge is 2.39. The minimum absolute atomic E-state index is 0.0725. The maximum absolute atomic E-state index is 13.1. The standard InChI is InChI=1S/C23H34N2O7/c1-7-32-20(30)16(12-13-17(27)28)24-19(29)18(22(2,3)4)25-21(31)23(5,6)14-8-10-15(26)11-9-14/h8-11,16,18,26H,7,12-13H2,1-6H3,(H,24,29)(H,25,31)(H,27,28)/t16-,18-/m1/s1. The van der Waals surface area contributed by atoms with Crippen LogP contribution in [0.25, 0.3) is 0 Å². The van der Waals surface area contributed by atoms with Crippen LogP contribution < -0.4 is 10.6 Å². The van der Waals surface area contributed by atoms with Crippen molar-refractivity contribution in [2.45, 2.75) is 71.9 Å². The number of ether oxygens (including phenoxy) is 1. The van der Waals surface area contributed by atoms with E-state index in [9.17, 15) is 24.3 Å². The topological polar surface area (TPSA) is 142 Å². The van der Waals surface area contributed by atoms with E-state index >= 15 is 0 Å². The Balaban J connectivity index is 3.08. The molecule has 0 heterocycles. The van der Waals surface area contributed by atoms with Crippen molar-refractivity contribution in [1.29, 1.82) is 0 Å². The monoisotopic (exact) mass is 450 g/mol. The number of carboxylic acid groups (broad SMARTS) is 1. The SMILES string of the molecule is CCOC(=O)[C@@H](CCC(=O)O)NC(=O)[C@@H](NC(=O)C(C)(C)c1ccc(O)cc1)C(C)(C)C. The molecule has 0 saturated carbocycles. The minimum atomic E-state index is -1.15. The maximum atomic E-state index is 13.1. The Kier molecular flexibility index (Phi) is 9.23. The van der Waals surface area contributed by atoms with Gasteiger partial charge in [0.1, 0.15) is 17.8 Å². The Labute approximate surface area is 188 Å². The number of aromatic hydroxyl groups is 1. The van der Waals surface area contributed by atoms with Crippen LogP contribution in [0.3, 0.4) is 0 Å². The number of carbonyl (C=O) groups excluding carboxylic acids is 3. The summed E-state index contributed by atoms with van der Waals surface area (Å²) < 4.78 is 4.95. The molecule has 178 valence electrons. The largest absolute Gasteiger partial charge is 0.508 e. The summed E-state index contributed by atoms with van der Waals surface area (Å²) in [5.41, 5.74) is -1.08. The second kappa shape index (κ2) is 11.0. The van der Waals surface area contributed by atoms with Gasteiger partial charge in [-0.05, 0) is 50.3 Å². The summed E-state index contributed by atoms with van der Waals surface area (Å²) in [6, 6.07) is 4.06. The average Bonchev–Trinajstić information content (AvgIpc) is 2.68. The molecule has 0 fully saturated rings. The first-order valence-electron chi connectivity index (χ1n) is 10.5. The van der Waals surface area contributed by atoms with Gasteiger partial charge in [-0.15, -0.1) is 0 Å². The van der Waals surface area contributed by atoms with E-state index in [0.29, 0.717) is 5.56 Å². The molecule has 0 unspecified atom stereocenters. The summed E-state index contributed by atoms with van der Waals surface area (Å²) >= 11 is 0. The molecule has 0 bridgehead atoms. The molecule has 0 aliphatic heterocycles. The van der Waals surface area contributed by atoms with Crippen molar-refractivity contribution >= 4 is 23.8 Å². The quantitative estimate of drug-likeness (QED) is 0.400. The molecule has 0 aliphatic rings. The fourth-order valence-electron chi connectivity index (χ4n) is 3.01. The molecule has 0 aliphatic carbocycles. The average molecular weight is 451 g/mol. The fourth-order valence-corrected chi connectivity index (χ4v) is 3.01. The van der Waals surface area contributed by atoms with Crippen LogP contribution in [0.2, 0.25) is 0 Å². The summed E-state index contributed by atoms with van der Waals surface area (Å²) in [6.45, 7) is 10.4. The number of benzene rings is 1. The van der Waals surface area contributed by atoms with E-state index in [2.05, 4.69) is 10.6 Å². The van der Waals surface area contributed by atoms with Gasteiger partial charge in [0, 0.05) is 6.42 Å². The highest BCUT2D eigenvalue weighted by Crippen LogP contribution is 2.27. The van der Waals surface area contributed by atoms with E-state index in [1.165, 1.54) is 12.1 Å². The minimum Gasteiger partial charge on any atom is -0.508 e. The van der Waals surface area contributed by atoms with Crippen LogP contribution in [0, 0.1) is 5.41 Å². The van der Waals surface area contributed by atoms with E-state index in [4.69, 9.17) is 9.84 Å². The van der Waals surface area contributed by atoms with Crippen LogP contribution in [0.5, 0.6) is 5.75 Å². The molecule has 32 heavy (non-hydrogen) atoms. The summed E-state index contributed by atoms with van der Waals surface area (Å²) in [5, 5.41) is 23.8. The fraction of sp³-hybridized carbons (Fsp3) is 0.565. The van der Waals surface area contributed by atoms with Crippen LogP contribution in [-0.2, 0) is 29.3 Å². The van der Waals surface area contributed by atoms with Crippen molar-refractivity contribution in [3.8, 4) is 5.75 Å². The highest BCUT2D eigenvalue weighted by molar-refractivity contribution is 5.94. The molecular weight excluding hydrogens is 416 g/mol. The molecule has 0 aromatic heterocycles. The predicted molar refractivity (Wildman–Crippen MR) is 118 cm³/mol. The number of rotatable bonds is 10. The summed E-state index contributed by atoms with van der Waals surface area (Å²) in [6.07, 6.45) is -0.464. The van der Waals surface area contributed by atoms with E-state index in [-0.39, 0.29) is 25.2 Å². The Morgan fingerprint density at radius 3 is 2.03 bits per heavy atom. The normalized spacial score (nSPS) is 13.6. The van der Waals surface area contributed by atoms with Crippen LogP contribution >= 0.6 is 0 Å². The third kappa shape index (κ3) is 7.55. The zero-order valence-electron chi connectivity index (χ0n) is 19.5. The van der Waals surface area contributed by atoms with Gasteiger partial charge in [-0.3, -0.25) is 14.4 Å². The Morgan fingerprint density at radius 2 is 1.56 bits per heavy atom. The third-order valence-corrected chi connectivity index (χ3v) is 5.09. The number of esters is 1. The third-order valence-electron chi connectivity index (χ3n) is 5.09. The first-order chi connectivity index (χ1) is 14.7. The number of amides is 2. The number of carboxylic acids is 1. The van der Waals surface area contributed by atoms with Gasteiger partial charge in [-0.2, -0.15) is 0 Å². The zero-order chi connectivity index (χ0) is 24.7. The molecule has 9 nitrogen and oxygen atoms in total. The van der Waals surface area contributed by atoms with Gasteiger partial charge >= 0.3 is 11.9 Å². The number of hydrogen-bond donors (Lipinski definition) is 4. The van der Waals surface area contributed by atoms with Gasteiger partial charge in [-0.1, -0.05) is 32.9 Å². The number of aliphatic carboxylic acids is 1. The van der Waals surface area contributed by atoms with Gasteiger partial charge in [0.2, 0.25) is 11.8 Å². The van der Waals surface area contributed by atoms with Crippen molar-refractivity contribution < 1.29 is 34.1 Å². The number of nitrogens with one attached hydrogen (secondary N) is 2. The molecule has 1 aromatic carbocycles. The zero-order valence-corrected chi connectivity index (χ0v) is 19.5. The number of carbonyl (C=O) groups is 4. The van der Waals surface area contributed by atoms with Crippen molar-refractivity contribution in [2.24, 2.45) is 5.41 Å². The molecule has 0 spiro atoms. The van der Waals surface area contributed by atoms with Crippen LogP contribution in [0.15, 0.2) is 24.3 Å². The van der Waals surface area contributed by atoms with Crippen molar-refractivity contribution in [2.75, 3.05) is 6.61 Å². The molecule has 1 aromatic rings. The first kappa shape index (κ1) is 26.9. The van der Waals surface area contributed by atoms with Crippen LogP contribution in [-0.4, -0.2) is 52.7 Å². The molecule has 4 N–H and O–H groups in total. The number of phenolic OH excluding ortho intramolecular Hbond substituents is 1. The molecule has 9 heteroatoms. The summed E-state index contributed by atoms with van der Waals surface area (Å²) in [4.78, 5) is 49.4. The molecule has 0 saturated heterocycles. The summed E-state index contributed by atoms with van der Waals surface area (Å²) in [7, 11) is 0. The smallest absolute Gasteiger partial charge is 0.328 e. The summed E-state index contributed by atoms with van der Waals surface area (Å²) in [5.74, 6) is -2.80. The van der Waals surface area contributed by atoms with Gasteiger partial charge in [0.25, 0.3) is 0 Å². The maximum Gasteiger partial charge on any atom is 0.328 e. The lowest BCUT2D eigenvalue weighted by molar-refractivity contribution is -0.148. The van der Waals surface area contributed by atoms with Gasteiger partial charge in [-0.25, -0.2) is 4.79 Å². The highest BCUT2D eigenvalue weighted by atomic mass is 16.5. The Bertz CT molecular complexity index is 826. The van der Waals surface area contributed by atoms with Crippen LogP contribution in [0.1, 0.15) is 59.9 Å². The molecular formula is C23H34N2O7. The van der Waals surface area contributed by atoms with E-state index < -0.39 is 46.7 Å². The second-order valence-electron chi connectivity index (χ2n) is 9.19. The lowest BCUT2D eigenvalue weighted by Gasteiger charge is -2.34. The lowest BCUT2D eigenvalue weighted by atomic mass is 9.81. The number of phenols is 1. The second-order valence-corrected chi connectivity index (χ2v) is 9.19. The van der Waals surface area contributed by atoms with Crippen LogP contribution in [0.4, 0.5) is 0 Å². The van der Waals surface area contributed by atoms with Gasteiger partial charge < -0.3 is 25.6 Å². The molecule has 2 amide bonds. The van der Waals surface area contributed by atoms with E-state index in [1.54, 1.807) is 53.7 Å². The first-order valence-corrected chi connectivity index (χ1v) is 10.5. The number of hydrogen-bond acceptors (Lipinski definition) is 6. The molecule has 0 radical (unpaired) electrons. The molecule has 2 atom stereocenters. The van der Waals surface area contributed by atoms with E-state index in [1.807, 2.05) is 0 Å². The Morgan fingerprint density at radius 1 is 1.00 bits per heavy atom. The van der Waals surface area contributed by atoms with E-state index in [0.717, 1.165) is 0 Å². The Hall–Kier alpha value is -3.10. The van der Waals surface area contributed by atoms with Crippen molar-refractivity contribution in [1.82, 2.24) is 10.6 Å². The van der Waals surface area contributed by atoms with Gasteiger partial charge in [0.15, 0.2) is 0 Å². The molecule has 1 rings (SSSR count). The van der Waals surface area contributed by atoms with Crippen molar-refractivity contribution in [3.63, 3.8) is 0 Å².